The normalized spacial score (nSPS) is 23.3. The fourth-order valence-electron chi connectivity index (χ4n) is 2.90. The van der Waals surface area contributed by atoms with Crippen LogP contribution < -0.4 is 5.32 Å². The zero-order chi connectivity index (χ0) is 15.4. The summed E-state index contributed by atoms with van der Waals surface area (Å²) >= 11 is 5.85. The first kappa shape index (κ1) is 15.8. The number of hydrogen-bond donors (Lipinski definition) is 2. The summed E-state index contributed by atoms with van der Waals surface area (Å²) in [6.07, 6.45) is 3.03. The van der Waals surface area contributed by atoms with Gasteiger partial charge >= 0.3 is 5.97 Å². The molecule has 0 radical (unpaired) electrons. The van der Waals surface area contributed by atoms with E-state index >= 15 is 0 Å². The highest BCUT2D eigenvalue weighted by molar-refractivity contribution is 6.30. The minimum Gasteiger partial charge on any atom is -0.481 e. The molecule has 0 heterocycles. The number of hydrogen-bond acceptors (Lipinski definition) is 2. The molecule has 0 aliphatic heterocycles. The van der Waals surface area contributed by atoms with Crippen molar-refractivity contribution in [2.24, 2.45) is 11.8 Å². The van der Waals surface area contributed by atoms with E-state index in [0.29, 0.717) is 17.9 Å². The highest BCUT2D eigenvalue weighted by Crippen LogP contribution is 2.31. The summed E-state index contributed by atoms with van der Waals surface area (Å²) in [4.78, 5) is 23.6. The third-order valence-electron chi connectivity index (χ3n) is 4.15. The standard InChI is InChI=1S/C16H20ClNO3/c1-10(11-6-8-12(17)9-7-11)18-15(19)13-4-2-3-5-14(13)16(20)21/h6-10,13-14H,2-5H2,1H3,(H,18,19)(H,20,21)/t10-,13-,14+/m1/s1. The molecule has 1 aliphatic carbocycles. The number of aliphatic carboxylic acids is 1. The molecule has 0 spiro atoms. The van der Waals surface area contributed by atoms with Gasteiger partial charge < -0.3 is 10.4 Å². The van der Waals surface area contributed by atoms with E-state index in [1.54, 1.807) is 12.1 Å². The maximum absolute atomic E-state index is 12.4. The summed E-state index contributed by atoms with van der Waals surface area (Å²) in [5.41, 5.74) is 0.954. The van der Waals surface area contributed by atoms with Gasteiger partial charge in [0.25, 0.3) is 0 Å². The molecule has 1 fully saturated rings. The van der Waals surface area contributed by atoms with Crippen LogP contribution in [-0.4, -0.2) is 17.0 Å². The van der Waals surface area contributed by atoms with Crippen LogP contribution in [0.3, 0.4) is 0 Å². The van der Waals surface area contributed by atoms with Gasteiger partial charge in [-0.25, -0.2) is 0 Å². The Morgan fingerprint density at radius 1 is 1.19 bits per heavy atom. The van der Waals surface area contributed by atoms with Gasteiger partial charge in [0.2, 0.25) is 5.91 Å². The summed E-state index contributed by atoms with van der Waals surface area (Å²) in [7, 11) is 0. The van der Waals surface area contributed by atoms with Crippen molar-refractivity contribution >= 4 is 23.5 Å². The quantitative estimate of drug-likeness (QED) is 0.895. The molecule has 3 atom stereocenters. The van der Waals surface area contributed by atoms with Gasteiger partial charge in [-0.2, -0.15) is 0 Å². The number of carboxylic acids is 1. The first-order valence-corrected chi connectivity index (χ1v) is 7.65. The number of carboxylic acid groups (broad SMARTS) is 1. The number of benzene rings is 1. The van der Waals surface area contributed by atoms with Gasteiger partial charge in [0.15, 0.2) is 0 Å². The van der Waals surface area contributed by atoms with E-state index in [4.69, 9.17) is 11.6 Å². The fourth-order valence-corrected chi connectivity index (χ4v) is 3.02. The summed E-state index contributed by atoms with van der Waals surface area (Å²) in [6.45, 7) is 1.89. The molecule has 1 aliphatic rings. The molecular formula is C16H20ClNO3. The Morgan fingerprint density at radius 3 is 2.33 bits per heavy atom. The lowest BCUT2D eigenvalue weighted by Crippen LogP contribution is -2.40. The molecule has 4 nitrogen and oxygen atoms in total. The summed E-state index contributed by atoms with van der Waals surface area (Å²) < 4.78 is 0. The van der Waals surface area contributed by atoms with E-state index in [1.807, 2.05) is 19.1 Å². The fraction of sp³-hybridized carbons (Fsp3) is 0.500. The SMILES string of the molecule is C[C@@H](NC(=O)[C@@H]1CCCC[C@@H]1C(=O)O)c1ccc(Cl)cc1. The Morgan fingerprint density at radius 2 is 1.76 bits per heavy atom. The van der Waals surface area contributed by atoms with Crippen LogP contribution in [0.25, 0.3) is 0 Å². The largest absolute Gasteiger partial charge is 0.481 e. The molecule has 1 saturated carbocycles. The number of rotatable bonds is 4. The molecular weight excluding hydrogens is 290 g/mol. The zero-order valence-electron chi connectivity index (χ0n) is 12.0. The lowest BCUT2D eigenvalue weighted by molar-refractivity contribution is -0.149. The second kappa shape index (κ2) is 6.94. The van der Waals surface area contributed by atoms with Gasteiger partial charge in [-0.3, -0.25) is 9.59 Å². The Bertz CT molecular complexity index is 515. The lowest BCUT2D eigenvalue weighted by atomic mass is 9.78. The summed E-state index contributed by atoms with van der Waals surface area (Å²) in [5, 5.41) is 12.8. The number of halogens is 1. The summed E-state index contributed by atoms with van der Waals surface area (Å²) in [6, 6.07) is 7.12. The van der Waals surface area contributed by atoms with Gasteiger partial charge in [0, 0.05) is 5.02 Å². The first-order valence-electron chi connectivity index (χ1n) is 7.27. The van der Waals surface area contributed by atoms with Crippen molar-refractivity contribution in [3.63, 3.8) is 0 Å². The summed E-state index contributed by atoms with van der Waals surface area (Å²) in [5.74, 6) is -2.01. The van der Waals surface area contributed by atoms with Gasteiger partial charge in [-0.05, 0) is 37.5 Å². The molecule has 0 aromatic heterocycles. The lowest BCUT2D eigenvalue weighted by Gasteiger charge is -2.28. The zero-order valence-corrected chi connectivity index (χ0v) is 12.8. The molecule has 2 N–H and O–H groups in total. The van der Waals surface area contributed by atoms with E-state index in [2.05, 4.69) is 5.32 Å². The second-order valence-corrected chi connectivity index (χ2v) is 6.05. The topological polar surface area (TPSA) is 66.4 Å². The smallest absolute Gasteiger partial charge is 0.307 e. The molecule has 1 amide bonds. The van der Waals surface area contributed by atoms with Crippen molar-refractivity contribution < 1.29 is 14.7 Å². The van der Waals surface area contributed by atoms with Crippen LogP contribution in [0, 0.1) is 11.8 Å². The Hall–Kier alpha value is -1.55. The first-order chi connectivity index (χ1) is 9.99. The average Bonchev–Trinajstić information content (AvgIpc) is 2.47. The van der Waals surface area contributed by atoms with Gasteiger partial charge in [-0.1, -0.05) is 36.6 Å². The van der Waals surface area contributed by atoms with Crippen molar-refractivity contribution in [1.82, 2.24) is 5.32 Å². The van der Waals surface area contributed by atoms with Crippen LogP contribution in [0.2, 0.25) is 5.02 Å². The predicted octanol–water partition coefficient (Wildman–Crippen LogP) is 3.41. The number of nitrogens with one attached hydrogen (secondary N) is 1. The maximum atomic E-state index is 12.4. The molecule has 1 aromatic carbocycles. The molecule has 21 heavy (non-hydrogen) atoms. The monoisotopic (exact) mass is 309 g/mol. The Labute approximate surface area is 129 Å². The minimum absolute atomic E-state index is 0.161. The van der Waals surface area contributed by atoms with Gasteiger partial charge in [0.1, 0.15) is 0 Å². The average molecular weight is 310 g/mol. The van der Waals surface area contributed by atoms with Crippen LogP contribution in [-0.2, 0) is 9.59 Å². The van der Waals surface area contributed by atoms with Crippen molar-refractivity contribution in [2.75, 3.05) is 0 Å². The molecule has 114 valence electrons. The molecule has 2 rings (SSSR count). The highest BCUT2D eigenvalue weighted by Gasteiger charge is 2.36. The van der Waals surface area contributed by atoms with Gasteiger partial charge in [0.05, 0.1) is 17.9 Å². The predicted molar refractivity (Wildman–Crippen MR) is 81.1 cm³/mol. The van der Waals surface area contributed by atoms with E-state index in [-0.39, 0.29) is 11.9 Å². The number of amides is 1. The van der Waals surface area contributed by atoms with Crippen LogP contribution in [0.15, 0.2) is 24.3 Å². The van der Waals surface area contributed by atoms with E-state index < -0.39 is 17.8 Å². The van der Waals surface area contributed by atoms with Crippen LogP contribution in [0.4, 0.5) is 0 Å². The maximum Gasteiger partial charge on any atom is 0.307 e. The molecule has 5 heteroatoms. The van der Waals surface area contributed by atoms with Crippen LogP contribution in [0.5, 0.6) is 0 Å². The minimum atomic E-state index is -0.867. The molecule has 1 aromatic rings. The second-order valence-electron chi connectivity index (χ2n) is 5.62. The van der Waals surface area contributed by atoms with Crippen LogP contribution >= 0.6 is 11.6 Å². The highest BCUT2D eigenvalue weighted by atomic mass is 35.5. The van der Waals surface area contributed by atoms with E-state index in [0.717, 1.165) is 18.4 Å². The van der Waals surface area contributed by atoms with Crippen molar-refractivity contribution in [1.29, 1.82) is 0 Å². The Kier molecular flexibility index (Phi) is 5.23. The third-order valence-corrected chi connectivity index (χ3v) is 4.40. The van der Waals surface area contributed by atoms with Crippen LogP contribution in [0.1, 0.15) is 44.2 Å². The van der Waals surface area contributed by atoms with E-state index in [9.17, 15) is 14.7 Å². The molecule has 0 unspecified atom stereocenters. The molecule has 0 saturated heterocycles. The van der Waals surface area contributed by atoms with Crippen molar-refractivity contribution in [2.45, 2.75) is 38.6 Å². The Balaban J connectivity index is 2.02. The van der Waals surface area contributed by atoms with Crippen molar-refractivity contribution in [3.05, 3.63) is 34.9 Å². The van der Waals surface area contributed by atoms with Crippen molar-refractivity contribution in [3.8, 4) is 0 Å². The molecule has 0 bridgehead atoms. The van der Waals surface area contributed by atoms with E-state index in [1.165, 1.54) is 0 Å². The van der Waals surface area contributed by atoms with Gasteiger partial charge in [-0.15, -0.1) is 0 Å². The third kappa shape index (κ3) is 3.97. The number of carbonyl (C=O) groups excluding carboxylic acids is 1. The number of carbonyl (C=O) groups is 2.